The number of nitrogens with zero attached hydrogens (tertiary/aromatic N) is 3. The Hall–Kier alpha value is -4.52. The fraction of sp³-hybridized carbons (Fsp3) is 0.0400. The lowest BCUT2D eigenvalue weighted by Crippen LogP contribution is -2.13. The zero-order valence-electron chi connectivity index (χ0n) is 17.1. The number of amides is 1. The van der Waals surface area contributed by atoms with Crippen LogP contribution in [0.2, 0.25) is 0 Å². The van der Waals surface area contributed by atoms with Gasteiger partial charge in [0.15, 0.2) is 0 Å². The minimum atomic E-state index is -0.360. The average Bonchev–Trinajstić information content (AvgIpc) is 3.32. The van der Waals surface area contributed by atoms with E-state index in [0.29, 0.717) is 22.6 Å². The number of para-hydroxylation sites is 1. The third-order valence-corrected chi connectivity index (χ3v) is 4.99. The van der Waals surface area contributed by atoms with E-state index in [1.54, 1.807) is 19.2 Å². The van der Waals surface area contributed by atoms with Crippen molar-refractivity contribution >= 4 is 22.8 Å². The second kappa shape index (κ2) is 8.31. The molecule has 0 aliphatic heterocycles. The molecular weight excluding hydrogens is 404 g/mol. The molecule has 0 fully saturated rings. The molecule has 32 heavy (non-hydrogen) atoms. The van der Waals surface area contributed by atoms with E-state index in [-0.39, 0.29) is 17.8 Å². The fourth-order valence-corrected chi connectivity index (χ4v) is 3.43. The van der Waals surface area contributed by atoms with Crippen molar-refractivity contribution in [2.45, 2.75) is 0 Å². The number of hydrogen-bond donors (Lipinski definition) is 1. The number of anilines is 1. The minimum absolute atomic E-state index is 0.00924. The number of hydrogen-bond acceptors (Lipinski definition) is 6. The number of carbonyl (C=O) groups is 1. The van der Waals surface area contributed by atoms with Crippen LogP contribution in [0.5, 0.6) is 5.75 Å². The minimum Gasteiger partial charge on any atom is -0.497 e. The highest BCUT2D eigenvalue weighted by Crippen LogP contribution is 2.27. The van der Waals surface area contributed by atoms with Gasteiger partial charge in [-0.3, -0.25) is 10.1 Å². The van der Waals surface area contributed by atoms with Gasteiger partial charge in [-0.2, -0.15) is 0 Å². The zero-order chi connectivity index (χ0) is 21.9. The number of benzene rings is 3. The lowest BCUT2D eigenvalue weighted by Gasteiger charge is -2.09. The van der Waals surface area contributed by atoms with E-state index in [1.807, 2.05) is 72.8 Å². The van der Waals surface area contributed by atoms with Crippen molar-refractivity contribution in [1.82, 2.24) is 15.2 Å². The number of methoxy groups -OCH3 is 1. The molecule has 7 heteroatoms. The predicted molar refractivity (Wildman–Crippen MR) is 121 cm³/mol. The van der Waals surface area contributed by atoms with Crippen LogP contribution < -0.4 is 10.1 Å². The molecule has 3 aromatic carbocycles. The average molecular weight is 422 g/mol. The van der Waals surface area contributed by atoms with Crippen molar-refractivity contribution in [3.05, 3.63) is 90.5 Å². The van der Waals surface area contributed by atoms with Crippen LogP contribution in [0.25, 0.3) is 33.6 Å². The highest BCUT2D eigenvalue weighted by molar-refractivity contribution is 6.12. The molecule has 0 atom stereocenters. The molecule has 0 saturated carbocycles. The van der Waals surface area contributed by atoms with Crippen LogP contribution in [0.15, 0.2) is 89.3 Å². The van der Waals surface area contributed by atoms with E-state index in [0.717, 1.165) is 16.5 Å². The summed E-state index contributed by atoms with van der Waals surface area (Å²) in [6.45, 7) is 0. The molecule has 0 aliphatic carbocycles. The third-order valence-electron chi connectivity index (χ3n) is 4.99. The number of rotatable bonds is 5. The lowest BCUT2D eigenvalue weighted by atomic mass is 10.0. The largest absolute Gasteiger partial charge is 0.497 e. The van der Waals surface area contributed by atoms with E-state index in [9.17, 15) is 4.79 Å². The maximum absolute atomic E-state index is 13.2. The van der Waals surface area contributed by atoms with E-state index >= 15 is 0 Å². The van der Waals surface area contributed by atoms with Gasteiger partial charge in [0, 0.05) is 16.5 Å². The molecular formula is C25H18N4O3. The summed E-state index contributed by atoms with van der Waals surface area (Å²) in [7, 11) is 1.58. The quantitative estimate of drug-likeness (QED) is 0.418. The van der Waals surface area contributed by atoms with Gasteiger partial charge in [0.1, 0.15) is 5.75 Å². The Morgan fingerprint density at radius 3 is 2.50 bits per heavy atom. The standard InChI is InChI=1S/C25H18N4O3/c1-31-18-11-7-10-17(14-18)24-28-29-25(32-24)27-23(30)20-15-22(16-8-3-2-4-9-16)26-21-13-6-5-12-19(20)21/h2-15H,1H3,(H,27,29,30). The number of pyridine rings is 1. The van der Waals surface area contributed by atoms with Crippen LogP contribution in [0, 0.1) is 0 Å². The van der Waals surface area contributed by atoms with Gasteiger partial charge in [-0.05, 0) is 30.3 Å². The van der Waals surface area contributed by atoms with Gasteiger partial charge in [-0.1, -0.05) is 59.7 Å². The van der Waals surface area contributed by atoms with E-state index in [2.05, 4.69) is 15.5 Å². The molecule has 0 unspecified atom stereocenters. The van der Waals surface area contributed by atoms with Crippen molar-refractivity contribution in [2.24, 2.45) is 0 Å². The lowest BCUT2D eigenvalue weighted by molar-refractivity contribution is 0.102. The molecule has 5 aromatic rings. The smallest absolute Gasteiger partial charge is 0.322 e. The van der Waals surface area contributed by atoms with Gasteiger partial charge < -0.3 is 9.15 Å². The van der Waals surface area contributed by atoms with Gasteiger partial charge in [0.25, 0.3) is 5.91 Å². The monoisotopic (exact) mass is 422 g/mol. The normalized spacial score (nSPS) is 10.8. The predicted octanol–water partition coefficient (Wildman–Crippen LogP) is 5.21. The molecule has 0 aliphatic rings. The summed E-state index contributed by atoms with van der Waals surface area (Å²) in [6, 6.07) is 26.3. The van der Waals surface area contributed by atoms with Gasteiger partial charge in [-0.25, -0.2) is 4.98 Å². The van der Waals surface area contributed by atoms with Crippen molar-refractivity contribution in [1.29, 1.82) is 0 Å². The van der Waals surface area contributed by atoms with E-state index in [1.165, 1.54) is 0 Å². The van der Waals surface area contributed by atoms with E-state index in [4.69, 9.17) is 14.1 Å². The second-order valence-electron chi connectivity index (χ2n) is 7.04. The maximum Gasteiger partial charge on any atom is 0.322 e. The van der Waals surface area contributed by atoms with Crippen LogP contribution in [0.4, 0.5) is 6.01 Å². The molecule has 0 bridgehead atoms. The third kappa shape index (κ3) is 3.79. The zero-order valence-corrected chi connectivity index (χ0v) is 17.1. The molecule has 0 saturated heterocycles. The summed E-state index contributed by atoms with van der Waals surface area (Å²) in [4.78, 5) is 17.9. The Morgan fingerprint density at radius 2 is 1.66 bits per heavy atom. The Kier molecular flexibility index (Phi) is 5.05. The van der Waals surface area contributed by atoms with Crippen LogP contribution in [-0.4, -0.2) is 28.2 Å². The highest BCUT2D eigenvalue weighted by atomic mass is 16.5. The fourth-order valence-electron chi connectivity index (χ4n) is 3.43. The van der Waals surface area contributed by atoms with Crippen LogP contribution in [0.1, 0.15) is 10.4 Å². The molecule has 1 amide bonds. The van der Waals surface area contributed by atoms with Crippen molar-refractivity contribution in [3.8, 4) is 28.5 Å². The first-order valence-electron chi connectivity index (χ1n) is 9.96. The molecule has 2 heterocycles. The Bertz CT molecular complexity index is 1410. The number of fused-ring (bicyclic) bond motifs is 1. The molecule has 0 radical (unpaired) electrons. The Morgan fingerprint density at radius 1 is 0.875 bits per heavy atom. The summed E-state index contributed by atoms with van der Waals surface area (Å²) >= 11 is 0. The van der Waals surface area contributed by atoms with E-state index < -0.39 is 0 Å². The highest BCUT2D eigenvalue weighted by Gasteiger charge is 2.17. The van der Waals surface area contributed by atoms with Crippen molar-refractivity contribution in [3.63, 3.8) is 0 Å². The second-order valence-corrected chi connectivity index (χ2v) is 7.04. The number of ether oxygens (including phenoxy) is 1. The Labute approximate surface area is 183 Å². The van der Waals surface area contributed by atoms with Crippen LogP contribution in [0.3, 0.4) is 0 Å². The van der Waals surface area contributed by atoms with Crippen LogP contribution in [-0.2, 0) is 0 Å². The Balaban J connectivity index is 1.48. The maximum atomic E-state index is 13.2. The first-order chi connectivity index (χ1) is 15.7. The van der Waals surface area contributed by atoms with Gasteiger partial charge in [0.2, 0.25) is 5.89 Å². The number of nitrogens with one attached hydrogen (secondary N) is 1. The SMILES string of the molecule is COc1cccc(-c2nnc(NC(=O)c3cc(-c4ccccc4)nc4ccccc34)o2)c1. The first-order valence-corrected chi connectivity index (χ1v) is 9.96. The summed E-state index contributed by atoms with van der Waals surface area (Å²) < 4.78 is 10.9. The first kappa shape index (κ1) is 19.4. The van der Waals surface area contributed by atoms with Gasteiger partial charge in [-0.15, -0.1) is 5.10 Å². The molecule has 5 rings (SSSR count). The summed E-state index contributed by atoms with van der Waals surface area (Å²) in [5, 5.41) is 11.4. The topological polar surface area (TPSA) is 90.1 Å². The van der Waals surface area contributed by atoms with Crippen molar-refractivity contribution < 1.29 is 13.9 Å². The molecule has 0 spiro atoms. The summed E-state index contributed by atoms with van der Waals surface area (Å²) in [5.74, 6) is 0.591. The van der Waals surface area contributed by atoms with Gasteiger partial charge in [0.05, 0.1) is 23.9 Å². The summed E-state index contributed by atoms with van der Waals surface area (Å²) in [5.41, 5.74) is 3.51. The van der Waals surface area contributed by atoms with Crippen molar-refractivity contribution in [2.75, 3.05) is 12.4 Å². The van der Waals surface area contributed by atoms with Crippen LogP contribution >= 0.6 is 0 Å². The van der Waals surface area contributed by atoms with Gasteiger partial charge >= 0.3 is 6.01 Å². The summed E-state index contributed by atoms with van der Waals surface area (Å²) in [6.07, 6.45) is 0. The number of carbonyl (C=O) groups excluding carboxylic acids is 1. The molecule has 7 nitrogen and oxygen atoms in total. The molecule has 2 aromatic heterocycles. The molecule has 156 valence electrons. The molecule has 1 N–H and O–H groups in total. The number of aromatic nitrogens is 3.